The van der Waals surface area contributed by atoms with Crippen molar-refractivity contribution in [2.75, 3.05) is 23.3 Å². The lowest BCUT2D eigenvalue weighted by Gasteiger charge is -2.36. The molecule has 2 aromatic carbocycles. The number of anilines is 2. The first-order valence-corrected chi connectivity index (χ1v) is 13.6. The molecule has 214 valence electrons. The van der Waals surface area contributed by atoms with Crippen LogP contribution >= 0.6 is 34.8 Å². The Hall–Kier alpha value is -2.53. The zero-order valence-electron chi connectivity index (χ0n) is 21.6. The number of benzene rings is 2. The van der Waals surface area contributed by atoms with Crippen LogP contribution in [0.25, 0.3) is 0 Å². The van der Waals surface area contributed by atoms with Gasteiger partial charge in [0.15, 0.2) is 0 Å². The Labute approximate surface area is 243 Å². The number of hydrogen-bond acceptors (Lipinski definition) is 4. The molecule has 4 atom stereocenters. The fraction of sp³-hybridized carbons (Fsp3) is 0.444. The Bertz CT molecular complexity index is 1430. The van der Waals surface area contributed by atoms with Gasteiger partial charge >= 0.3 is 5.97 Å². The molecular formula is C27H25Cl3F3N3O4. The quantitative estimate of drug-likeness (QED) is 0.435. The molecule has 1 spiro atoms. The lowest BCUT2D eigenvalue weighted by molar-refractivity contribution is -0.153. The standard InChI is InChI=1S/C27H25Cl3F3N3O4/c1-25(2,3)10-35(15-5-12(28)4-13(29)6-15)22(37)19-18-9-26(32,33)11-36(18)27(20(19)23(38)39)16-7-14(31)8-17(30)21(16)34-24(27)40/h4-8,18-20H,9-11H2,1-3H3,(H,34,40)(H,38,39)/t18-,19+,20-,27+/m1/s1. The van der Waals surface area contributed by atoms with Gasteiger partial charge in [0.2, 0.25) is 5.91 Å². The predicted octanol–water partition coefficient (Wildman–Crippen LogP) is 6.05. The number of rotatable bonds is 4. The van der Waals surface area contributed by atoms with Crippen molar-refractivity contribution in [1.82, 2.24) is 4.90 Å². The number of nitrogens with zero attached hydrogens (tertiary/aromatic N) is 2. The van der Waals surface area contributed by atoms with Crippen molar-refractivity contribution in [1.29, 1.82) is 0 Å². The highest BCUT2D eigenvalue weighted by Gasteiger charge is 2.74. The molecule has 0 bridgehead atoms. The highest BCUT2D eigenvalue weighted by Crippen LogP contribution is 2.61. The number of amides is 2. The summed E-state index contributed by atoms with van der Waals surface area (Å²) >= 11 is 18.6. The molecule has 0 unspecified atom stereocenters. The van der Waals surface area contributed by atoms with Gasteiger partial charge < -0.3 is 15.3 Å². The Kier molecular flexibility index (Phi) is 6.89. The molecule has 3 aliphatic heterocycles. The van der Waals surface area contributed by atoms with Crippen molar-refractivity contribution in [3.63, 3.8) is 0 Å². The van der Waals surface area contributed by atoms with Crippen LogP contribution in [0.4, 0.5) is 24.5 Å². The van der Waals surface area contributed by atoms with Gasteiger partial charge in [-0.3, -0.25) is 19.3 Å². The second kappa shape index (κ2) is 9.51. The van der Waals surface area contributed by atoms with Crippen molar-refractivity contribution in [2.24, 2.45) is 17.3 Å². The van der Waals surface area contributed by atoms with Gasteiger partial charge in [-0.2, -0.15) is 0 Å². The van der Waals surface area contributed by atoms with E-state index in [4.69, 9.17) is 34.8 Å². The molecule has 7 nitrogen and oxygen atoms in total. The van der Waals surface area contributed by atoms with Gasteiger partial charge in [0, 0.05) is 40.3 Å². The van der Waals surface area contributed by atoms with Gasteiger partial charge in [-0.1, -0.05) is 55.6 Å². The third-order valence-corrected chi connectivity index (χ3v) is 8.38. The SMILES string of the molecule is CC(C)(C)CN(C(=O)[C@H]1[C@H]2CC(F)(F)CN2[C@]2(C(=O)Nc3c(Cl)cc(F)cc32)[C@H]1C(=O)O)c1cc(Cl)cc(Cl)c1. The topological polar surface area (TPSA) is 90.0 Å². The number of carbonyl (C=O) groups excluding carboxylic acids is 2. The molecule has 2 amide bonds. The van der Waals surface area contributed by atoms with Crippen molar-refractivity contribution in [3.8, 4) is 0 Å². The molecule has 0 aromatic heterocycles. The van der Waals surface area contributed by atoms with Crippen LogP contribution in [0.3, 0.4) is 0 Å². The summed E-state index contributed by atoms with van der Waals surface area (Å²) < 4.78 is 44.7. The van der Waals surface area contributed by atoms with E-state index in [2.05, 4.69) is 5.32 Å². The van der Waals surface area contributed by atoms with Crippen molar-refractivity contribution < 1.29 is 32.7 Å². The first-order valence-electron chi connectivity index (χ1n) is 12.4. The molecule has 40 heavy (non-hydrogen) atoms. The van der Waals surface area contributed by atoms with E-state index >= 15 is 8.78 Å². The molecule has 3 aliphatic rings. The van der Waals surface area contributed by atoms with Crippen LogP contribution in [-0.2, 0) is 19.9 Å². The summed E-state index contributed by atoms with van der Waals surface area (Å²) in [5.74, 6) is -11.0. The fourth-order valence-electron chi connectivity index (χ4n) is 6.43. The average molecular weight is 619 g/mol. The number of fused-ring (bicyclic) bond motifs is 4. The van der Waals surface area contributed by atoms with E-state index < -0.39 is 71.3 Å². The van der Waals surface area contributed by atoms with Gasteiger partial charge in [-0.25, -0.2) is 13.2 Å². The molecule has 0 aliphatic carbocycles. The minimum atomic E-state index is -3.35. The van der Waals surface area contributed by atoms with E-state index in [1.54, 1.807) is 0 Å². The minimum Gasteiger partial charge on any atom is -0.481 e. The minimum absolute atomic E-state index is 0.0463. The first-order chi connectivity index (χ1) is 18.5. The number of carboxylic acids is 1. The smallest absolute Gasteiger partial charge is 0.310 e. The molecular weight excluding hydrogens is 594 g/mol. The van der Waals surface area contributed by atoms with Gasteiger partial charge in [-0.15, -0.1) is 0 Å². The molecule has 3 heterocycles. The monoisotopic (exact) mass is 617 g/mol. The summed E-state index contributed by atoms with van der Waals surface area (Å²) in [6, 6.07) is 4.86. The van der Waals surface area contributed by atoms with Crippen LogP contribution in [0, 0.1) is 23.1 Å². The second-order valence-electron chi connectivity index (χ2n) is 11.7. The summed E-state index contributed by atoms with van der Waals surface area (Å²) in [6.07, 6.45) is -0.875. The number of halogens is 6. The largest absolute Gasteiger partial charge is 0.481 e. The van der Waals surface area contributed by atoms with Crippen LogP contribution in [0.2, 0.25) is 15.1 Å². The van der Waals surface area contributed by atoms with E-state index in [9.17, 15) is 23.9 Å². The summed E-state index contributed by atoms with van der Waals surface area (Å²) in [7, 11) is 0. The van der Waals surface area contributed by atoms with Crippen molar-refractivity contribution in [3.05, 3.63) is 56.8 Å². The lowest BCUT2D eigenvalue weighted by Crippen LogP contribution is -2.54. The third kappa shape index (κ3) is 4.53. The highest BCUT2D eigenvalue weighted by molar-refractivity contribution is 6.35. The predicted molar refractivity (Wildman–Crippen MR) is 145 cm³/mol. The van der Waals surface area contributed by atoms with Gasteiger partial charge in [0.1, 0.15) is 17.3 Å². The number of carboxylic acid groups (broad SMARTS) is 1. The summed E-state index contributed by atoms with van der Waals surface area (Å²) in [5.41, 5.74) is -2.87. The number of carbonyl (C=O) groups is 3. The lowest BCUT2D eigenvalue weighted by atomic mass is 9.73. The molecule has 5 rings (SSSR count). The van der Waals surface area contributed by atoms with Crippen LogP contribution in [0.1, 0.15) is 32.8 Å². The van der Waals surface area contributed by atoms with E-state index in [-0.39, 0.29) is 38.6 Å². The Morgan fingerprint density at radius 3 is 2.33 bits per heavy atom. The van der Waals surface area contributed by atoms with Gasteiger partial charge in [0.05, 0.1) is 23.2 Å². The molecule has 2 saturated heterocycles. The van der Waals surface area contributed by atoms with Gasteiger partial charge in [-0.05, 0) is 35.7 Å². The van der Waals surface area contributed by atoms with Crippen LogP contribution in [0.15, 0.2) is 30.3 Å². The van der Waals surface area contributed by atoms with E-state index in [0.717, 1.165) is 17.0 Å². The second-order valence-corrected chi connectivity index (χ2v) is 13.0. The van der Waals surface area contributed by atoms with E-state index in [1.165, 1.54) is 23.1 Å². The molecule has 2 fully saturated rings. The van der Waals surface area contributed by atoms with E-state index in [1.807, 2.05) is 20.8 Å². The van der Waals surface area contributed by atoms with Crippen LogP contribution < -0.4 is 10.2 Å². The number of nitrogens with one attached hydrogen (secondary N) is 1. The average Bonchev–Trinajstić information content (AvgIpc) is 3.37. The normalized spacial score (nSPS) is 27.0. The maximum Gasteiger partial charge on any atom is 0.310 e. The van der Waals surface area contributed by atoms with Gasteiger partial charge in [0.25, 0.3) is 11.8 Å². The summed E-state index contributed by atoms with van der Waals surface area (Å²) in [5, 5.41) is 13.2. The maximum absolute atomic E-state index is 15.0. The Balaban J connectivity index is 1.74. The molecule has 0 saturated carbocycles. The highest BCUT2D eigenvalue weighted by atomic mass is 35.5. The summed E-state index contributed by atoms with van der Waals surface area (Å²) in [6.45, 7) is 4.56. The third-order valence-electron chi connectivity index (χ3n) is 7.65. The van der Waals surface area contributed by atoms with Crippen molar-refractivity contribution in [2.45, 2.75) is 44.7 Å². The first kappa shape index (κ1) is 29.0. The number of alkyl halides is 2. The number of aliphatic carboxylic acids is 1. The Morgan fingerprint density at radius 2 is 1.75 bits per heavy atom. The fourth-order valence-corrected chi connectivity index (χ4v) is 7.19. The molecule has 2 aromatic rings. The zero-order chi connectivity index (χ0) is 29.5. The molecule has 2 N–H and O–H groups in total. The zero-order valence-corrected chi connectivity index (χ0v) is 23.8. The maximum atomic E-state index is 15.0. The molecule has 13 heteroatoms. The Morgan fingerprint density at radius 1 is 1.12 bits per heavy atom. The summed E-state index contributed by atoms with van der Waals surface area (Å²) in [4.78, 5) is 43.5. The van der Waals surface area contributed by atoms with Crippen molar-refractivity contribution >= 4 is 64.0 Å². The number of hydrogen-bond donors (Lipinski definition) is 2. The van der Waals surface area contributed by atoms with E-state index in [0.29, 0.717) is 0 Å². The van der Waals surface area contributed by atoms with Crippen LogP contribution in [0.5, 0.6) is 0 Å². The molecule has 0 radical (unpaired) electrons. The van der Waals surface area contributed by atoms with Crippen LogP contribution in [-0.4, -0.2) is 52.8 Å².